The molecule has 28 heavy (non-hydrogen) atoms. The number of hydrogen-bond acceptors (Lipinski definition) is 7. The molecule has 164 valence electrons. The summed E-state index contributed by atoms with van der Waals surface area (Å²) in [6.07, 6.45) is 1.20. The Morgan fingerprint density at radius 2 is 1.79 bits per heavy atom. The highest BCUT2D eigenvalue weighted by Gasteiger charge is 2.20. The Balaban J connectivity index is 0.000000684. The fraction of sp³-hybridized carbons (Fsp3) is 0.833. The van der Waals surface area contributed by atoms with Gasteiger partial charge < -0.3 is 30.1 Å². The van der Waals surface area contributed by atoms with E-state index in [9.17, 15) is 14.4 Å². The van der Waals surface area contributed by atoms with Crippen LogP contribution < -0.4 is 10.6 Å². The predicted molar refractivity (Wildman–Crippen MR) is 105 cm³/mol. The van der Waals surface area contributed by atoms with Crippen molar-refractivity contribution in [3.05, 3.63) is 0 Å². The third kappa shape index (κ3) is 14.3. The van der Waals surface area contributed by atoms with Crippen molar-refractivity contribution in [1.82, 2.24) is 20.4 Å². The minimum absolute atomic E-state index is 0.0289. The molecule has 0 aromatic heterocycles. The van der Waals surface area contributed by atoms with E-state index < -0.39 is 0 Å². The molecule has 10 nitrogen and oxygen atoms in total. The lowest BCUT2D eigenvalue weighted by Gasteiger charge is -2.34. The Labute approximate surface area is 167 Å². The molecule has 0 bridgehead atoms. The van der Waals surface area contributed by atoms with E-state index in [1.165, 1.54) is 0 Å². The summed E-state index contributed by atoms with van der Waals surface area (Å²) in [5.74, 6) is -0.00300. The summed E-state index contributed by atoms with van der Waals surface area (Å²) in [6, 6.07) is 0. The zero-order chi connectivity index (χ0) is 21.0. The standard InChI is InChI=1S/C13H25N3O3.C5H11NO3/c1-3-19-11-10-15-6-8-16(9-7-15)13(18)5-4-12(17)14-2;7-2-4-9-3-1-6-5-8/h3-11H2,1-2H3,(H,14,17);5,7H,1-4H2,(H,6,8). The van der Waals surface area contributed by atoms with E-state index in [1.54, 1.807) is 7.05 Å². The molecule has 0 aromatic carbocycles. The molecule has 1 aliphatic heterocycles. The Kier molecular flexibility index (Phi) is 17.4. The van der Waals surface area contributed by atoms with Crippen LogP contribution >= 0.6 is 0 Å². The fourth-order valence-corrected chi connectivity index (χ4v) is 2.42. The van der Waals surface area contributed by atoms with E-state index in [-0.39, 0.29) is 24.8 Å². The van der Waals surface area contributed by atoms with Gasteiger partial charge in [-0.3, -0.25) is 19.3 Å². The molecule has 0 atom stereocenters. The number of aliphatic hydroxyl groups is 1. The summed E-state index contributed by atoms with van der Waals surface area (Å²) in [4.78, 5) is 36.8. The van der Waals surface area contributed by atoms with Crippen LogP contribution in [0.2, 0.25) is 0 Å². The van der Waals surface area contributed by atoms with Crippen molar-refractivity contribution in [2.45, 2.75) is 19.8 Å². The first-order chi connectivity index (χ1) is 13.6. The van der Waals surface area contributed by atoms with Crippen LogP contribution in [0.25, 0.3) is 0 Å². The van der Waals surface area contributed by atoms with Gasteiger partial charge in [-0.1, -0.05) is 0 Å². The largest absolute Gasteiger partial charge is 0.394 e. The maximum Gasteiger partial charge on any atom is 0.223 e. The molecule has 0 spiro atoms. The third-order valence-electron chi connectivity index (χ3n) is 4.04. The van der Waals surface area contributed by atoms with Crippen molar-refractivity contribution in [2.75, 3.05) is 79.4 Å². The topological polar surface area (TPSA) is 120 Å². The Bertz CT molecular complexity index is 417. The minimum Gasteiger partial charge on any atom is -0.394 e. The zero-order valence-corrected chi connectivity index (χ0v) is 17.2. The van der Waals surface area contributed by atoms with Gasteiger partial charge >= 0.3 is 0 Å². The second kappa shape index (κ2) is 18.6. The lowest BCUT2D eigenvalue weighted by molar-refractivity contribution is -0.135. The van der Waals surface area contributed by atoms with Crippen molar-refractivity contribution in [3.63, 3.8) is 0 Å². The second-order valence-corrected chi connectivity index (χ2v) is 6.00. The SMILES string of the molecule is CCOCCN1CCN(C(=O)CCC(=O)NC)CC1.O=CNCCOCCO. The number of nitrogens with zero attached hydrogens (tertiary/aromatic N) is 2. The van der Waals surface area contributed by atoms with E-state index >= 15 is 0 Å². The van der Waals surface area contributed by atoms with Crippen LogP contribution in [-0.2, 0) is 23.9 Å². The van der Waals surface area contributed by atoms with E-state index in [0.717, 1.165) is 45.9 Å². The molecule has 0 aromatic rings. The molecule has 1 saturated heterocycles. The molecule has 1 heterocycles. The third-order valence-corrected chi connectivity index (χ3v) is 4.04. The number of carbonyl (C=O) groups excluding carboxylic acids is 3. The number of ether oxygens (including phenoxy) is 2. The quantitative estimate of drug-likeness (QED) is 0.251. The van der Waals surface area contributed by atoms with Crippen LogP contribution in [0.4, 0.5) is 0 Å². The predicted octanol–water partition coefficient (Wildman–Crippen LogP) is -1.57. The van der Waals surface area contributed by atoms with Crippen molar-refractivity contribution in [2.24, 2.45) is 0 Å². The van der Waals surface area contributed by atoms with Crippen LogP contribution in [0.15, 0.2) is 0 Å². The highest BCUT2D eigenvalue weighted by molar-refractivity contribution is 5.83. The smallest absolute Gasteiger partial charge is 0.223 e. The van der Waals surface area contributed by atoms with Gasteiger partial charge in [0.1, 0.15) is 0 Å². The number of nitrogens with one attached hydrogen (secondary N) is 2. The van der Waals surface area contributed by atoms with Gasteiger partial charge in [0.25, 0.3) is 0 Å². The Morgan fingerprint density at radius 1 is 1.07 bits per heavy atom. The van der Waals surface area contributed by atoms with Gasteiger partial charge in [0.2, 0.25) is 18.2 Å². The summed E-state index contributed by atoms with van der Waals surface area (Å²) >= 11 is 0. The summed E-state index contributed by atoms with van der Waals surface area (Å²) in [5, 5.41) is 13.2. The van der Waals surface area contributed by atoms with Crippen LogP contribution in [0.3, 0.4) is 0 Å². The number of aliphatic hydroxyl groups excluding tert-OH is 1. The van der Waals surface area contributed by atoms with Crippen LogP contribution in [0.1, 0.15) is 19.8 Å². The summed E-state index contributed by atoms with van der Waals surface area (Å²) in [5.41, 5.74) is 0. The number of amides is 3. The van der Waals surface area contributed by atoms with E-state index in [0.29, 0.717) is 32.6 Å². The molecule has 0 unspecified atom stereocenters. The van der Waals surface area contributed by atoms with Gasteiger partial charge in [0, 0.05) is 65.8 Å². The highest BCUT2D eigenvalue weighted by Crippen LogP contribution is 2.05. The Morgan fingerprint density at radius 3 is 2.36 bits per heavy atom. The van der Waals surface area contributed by atoms with Crippen LogP contribution in [0, 0.1) is 0 Å². The summed E-state index contributed by atoms with van der Waals surface area (Å²) in [6.45, 7) is 9.01. The molecule has 3 amide bonds. The summed E-state index contributed by atoms with van der Waals surface area (Å²) < 4.78 is 10.1. The molecule has 1 rings (SSSR count). The van der Waals surface area contributed by atoms with Gasteiger partial charge in [-0.15, -0.1) is 0 Å². The van der Waals surface area contributed by atoms with Crippen molar-refractivity contribution >= 4 is 18.2 Å². The lowest BCUT2D eigenvalue weighted by atomic mass is 10.2. The fourth-order valence-electron chi connectivity index (χ4n) is 2.42. The van der Waals surface area contributed by atoms with Gasteiger partial charge in [0.15, 0.2) is 0 Å². The maximum absolute atomic E-state index is 11.9. The van der Waals surface area contributed by atoms with E-state index in [1.807, 2.05) is 11.8 Å². The monoisotopic (exact) mass is 404 g/mol. The van der Waals surface area contributed by atoms with Crippen molar-refractivity contribution in [3.8, 4) is 0 Å². The highest BCUT2D eigenvalue weighted by atomic mass is 16.5. The first-order valence-corrected chi connectivity index (χ1v) is 9.73. The molecule has 0 saturated carbocycles. The molecule has 1 aliphatic rings. The first kappa shape index (κ1) is 26.2. The first-order valence-electron chi connectivity index (χ1n) is 9.73. The number of piperazine rings is 1. The minimum atomic E-state index is -0.0799. The van der Waals surface area contributed by atoms with Crippen molar-refractivity contribution < 1.29 is 29.0 Å². The Hall–Kier alpha value is -1.75. The molecule has 1 fully saturated rings. The molecule has 3 N–H and O–H groups in total. The maximum atomic E-state index is 11.9. The zero-order valence-electron chi connectivity index (χ0n) is 17.2. The molecule has 0 radical (unpaired) electrons. The van der Waals surface area contributed by atoms with Crippen LogP contribution in [0.5, 0.6) is 0 Å². The van der Waals surface area contributed by atoms with E-state index in [4.69, 9.17) is 14.6 Å². The average molecular weight is 405 g/mol. The van der Waals surface area contributed by atoms with Gasteiger partial charge in [-0.2, -0.15) is 0 Å². The summed E-state index contributed by atoms with van der Waals surface area (Å²) in [7, 11) is 1.59. The van der Waals surface area contributed by atoms with Gasteiger partial charge in [-0.25, -0.2) is 0 Å². The van der Waals surface area contributed by atoms with Crippen LogP contribution in [-0.4, -0.2) is 112 Å². The van der Waals surface area contributed by atoms with E-state index in [2.05, 4.69) is 15.5 Å². The molecule has 10 heteroatoms. The molecular formula is C18H36N4O6. The van der Waals surface area contributed by atoms with Gasteiger partial charge in [0.05, 0.1) is 26.4 Å². The average Bonchev–Trinajstić information content (AvgIpc) is 2.73. The lowest BCUT2D eigenvalue weighted by Crippen LogP contribution is -2.49. The molecular weight excluding hydrogens is 368 g/mol. The number of rotatable bonds is 13. The second-order valence-electron chi connectivity index (χ2n) is 6.00. The number of hydrogen-bond donors (Lipinski definition) is 3. The van der Waals surface area contributed by atoms with Gasteiger partial charge in [-0.05, 0) is 6.92 Å². The normalized spacial score (nSPS) is 14.0. The molecule has 0 aliphatic carbocycles. The van der Waals surface area contributed by atoms with Crippen molar-refractivity contribution in [1.29, 1.82) is 0 Å². The number of carbonyl (C=O) groups is 3.